The number of guanidine groups is 1. The van der Waals surface area contributed by atoms with Gasteiger partial charge in [0.2, 0.25) is 0 Å². The van der Waals surface area contributed by atoms with Crippen LogP contribution in [0.25, 0.3) is 0 Å². The summed E-state index contributed by atoms with van der Waals surface area (Å²) in [6, 6.07) is 5.37. The van der Waals surface area contributed by atoms with E-state index in [4.69, 9.17) is 33.7 Å². The Morgan fingerprint density at radius 2 is 2.14 bits per heavy atom. The summed E-state index contributed by atoms with van der Waals surface area (Å²) in [7, 11) is 1.73. The Kier molecular flexibility index (Phi) is 7.71. The van der Waals surface area contributed by atoms with Gasteiger partial charge in [-0.1, -0.05) is 29.3 Å². The highest BCUT2D eigenvalue weighted by atomic mass is 127. The molecule has 0 aliphatic heterocycles. The molecule has 1 saturated carbocycles. The molecule has 1 unspecified atom stereocenters. The SMILES string of the molecule is COC1(CN=C(N)NC(C)c2ccc(Cl)cc2Cl)CCC1.I. The molecule has 0 bridgehead atoms. The number of aliphatic imine (C=N–C) groups is 1. The lowest BCUT2D eigenvalue weighted by Crippen LogP contribution is -2.44. The fraction of sp³-hybridized carbons (Fsp3) is 0.533. The van der Waals surface area contributed by atoms with Gasteiger partial charge in [0.1, 0.15) is 0 Å². The van der Waals surface area contributed by atoms with Gasteiger partial charge in [-0.2, -0.15) is 0 Å². The number of ether oxygens (including phenoxy) is 1. The summed E-state index contributed by atoms with van der Waals surface area (Å²) in [6.07, 6.45) is 3.27. The largest absolute Gasteiger partial charge is 0.376 e. The van der Waals surface area contributed by atoms with Crippen molar-refractivity contribution in [3.8, 4) is 0 Å². The number of hydrogen-bond acceptors (Lipinski definition) is 2. The topological polar surface area (TPSA) is 59.6 Å². The van der Waals surface area contributed by atoms with Crippen LogP contribution in [0.3, 0.4) is 0 Å². The Balaban J connectivity index is 0.00000242. The summed E-state index contributed by atoms with van der Waals surface area (Å²) in [6.45, 7) is 2.57. The lowest BCUT2D eigenvalue weighted by molar-refractivity contribution is -0.0630. The predicted molar refractivity (Wildman–Crippen MR) is 104 cm³/mol. The molecule has 1 aliphatic carbocycles. The van der Waals surface area contributed by atoms with E-state index in [-0.39, 0.29) is 35.6 Å². The number of nitrogens with one attached hydrogen (secondary N) is 1. The van der Waals surface area contributed by atoms with Gasteiger partial charge < -0.3 is 15.8 Å². The summed E-state index contributed by atoms with van der Waals surface area (Å²) in [5.74, 6) is 0.400. The molecule has 1 aliphatic rings. The van der Waals surface area contributed by atoms with Gasteiger partial charge in [0.05, 0.1) is 18.2 Å². The number of rotatable bonds is 5. The summed E-state index contributed by atoms with van der Waals surface area (Å²) in [4.78, 5) is 4.39. The fourth-order valence-corrected chi connectivity index (χ4v) is 3.00. The van der Waals surface area contributed by atoms with Crippen LogP contribution in [0.15, 0.2) is 23.2 Å². The lowest BCUT2D eigenvalue weighted by Gasteiger charge is -2.39. The highest BCUT2D eigenvalue weighted by Gasteiger charge is 2.36. The molecule has 7 heteroatoms. The van der Waals surface area contributed by atoms with Crippen molar-refractivity contribution < 1.29 is 4.74 Å². The van der Waals surface area contributed by atoms with Crippen molar-refractivity contribution in [3.63, 3.8) is 0 Å². The average Bonchev–Trinajstić information content (AvgIpc) is 2.37. The molecule has 4 nitrogen and oxygen atoms in total. The number of halogens is 3. The number of nitrogens with zero attached hydrogens (tertiary/aromatic N) is 1. The van der Waals surface area contributed by atoms with Crippen molar-refractivity contribution in [3.05, 3.63) is 33.8 Å². The van der Waals surface area contributed by atoms with Crippen LogP contribution in [0.4, 0.5) is 0 Å². The van der Waals surface area contributed by atoms with Gasteiger partial charge in [-0.15, -0.1) is 24.0 Å². The summed E-state index contributed by atoms with van der Waals surface area (Å²) in [5, 5.41) is 4.37. The number of methoxy groups -OCH3 is 1. The molecule has 1 aromatic carbocycles. The van der Waals surface area contributed by atoms with E-state index < -0.39 is 0 Å². The van der Waals surface area contributed by atoms with Gasteiger partial charge in [-0.3, -0.25) is 4.99 Å². The van der Waals surface area contributed by atoms with E-state index >= 15 is 0 Å². The van der Waals surface area contributed by atoms with Crippen LogP contribution in [-0.4, -0.2) is 25.2 Å². The first-order chi connectivity index (χ1) is 9.96. The second-order valence-electron chi connectivity index (χ2n) is 5.47. The van der Waals surface area contributed by atoms with Crippen molar-refractivity contribution in [1.82, 2.24) is 5.32 Å². The molecule has 0 amide bonds. The van der Waals surface area contributed by atoms with E-state index in [0.29, 0.717) is 22.5 Å². The molecule has 1 fully saturated rings. The molecule has 0 spiro atoms. The van der Waals surface area contributed by atoms with Crippen LogP contribution >= 0.6 is 47.2 Å². The smallest absolute Gasteiger partial charge is 0.189 e. The quantitative estimate of drug-likeness (QED) is 0.396. The molecule has 2 rings (SSSR count). The zero-order chi connectivity index (χ0) is 15.5. The van der Waals surface area contributed by atoms with Crippen molar-refractivity contribution in [2.75, 3.05) is 13.7 Å². The molecule has 0 heterocycles. The maximum Gasteiger partial charge on any atom is 0.189 e. The van der Waals surface area contributed by atoms with Crippen LogP contribution in [-0.2, 0) is 4.74 Å². The van der Waals surface area contributed by atoms with E-state index in [1.54, 1.807) is 13.2 Å². The van der Waals surface area contributed by atoms with Gasteiger partial charge >= 0.3 is 0 Å². The number of benzene rings is 1. The average molecular weight is 458 g/mol. The van der Waals surface area contributed by atoms with E-state index in [0.717, 1.165) is 18.4 Å². The maximum atomic E-state index is 6.19. The monoisotopic (exact) mass is 457 g/mol. The minimum atomic E-state index is -0.118. The molecule has 124 valence electrons. The first kappa shape index (κ1) is 19.8. The van der Waals surface area contributed by atoms with Gasteiger partial charge in [0.15, 0.2) is 5.96 Å². The van der Waals surface area contributed by atoms with Gasteiger partial charge in [-0.25, -0.2) is 0 Å². The van der Waals surface area contributed by atoms with Crippen LogP contribution in [0.5, 0.6) is 0 Å². The van der Waals surface area contributed by atoms with Crippen LogP contribution in [0.2, 0.25) is 10.0 Å². The van der Waals surface area contributed by atoms with Crippen LogP contribution < -0.4 is 11.1 Å². The van der Waals surface area contributed by atoms with Crippen LogP contribution in [0.1, 0.15) is 37.8 Å². The number of nitrogens with two attached hydrogens (primary N) is 1. The Morgan fingerprint density at radius 1 is 1.45 bits per heavy atom. The summed E-state index contributed by atoms with van der Waals surface area (Å²) in [5.41, 5.74) is 6.76. The van der Waals surface area contributed by atoms with Crippen molar-refractivity contribution in [2.24, 2.45) is 10.7 Å². The molecule has 1 atom stereocenters. The number of hydrogen-bond donors (Lipinski definition) is 2. The highest BCUT2D eigenvalue weighted by Crippen LogP contribution is 2.35. The lowest BCUT2D eigenvalue weighted by atomic mass is 9.80. The second-order valence-corrected chi connectivity index (χ2v) is 6.32. The first-order valence-corrected chi connectivity index (χ1v) is 7.78. The molecular formula is C15H22Cl2IN3O. The second kappa shape index (κ2) is 8.57. The van der Waals surface area contributed by atoms with E-state index in [1.807, 2.05) is 19.1 Å². The van der Waals surface area contributed by atoms with E-state index in [2.05, 4.69) is 10.3 Å². The third-order valence-electron chi connectivity index (χ3n) is 4.03. The first-order valence-electron chi connectivity index (χ1n) is 7.02. The molecule has 0 aromatic heterocycles. The maximum absolute atomic E-state index is 6.19. The Morgan fingerprint density at radius 3 is 2.64 bits per heavy atom. The van der Waals surface area contributed by atoms with E-state index in [9.17, 15) is 0 Å². The van der Waals surface area contributed by atoms with Gasteiger partial charge in [-0.05, 0) is 43.9 Å². The highest BCUT2D eigenvalue weighted by molar-refractivity contribution is 14.0. The Labute approximate surface area is 158 Å². The normalized spacial score (nSPS) is 18.1. The molecule has 3 N–H and O–H groups in total. The van der Waals surface area contributed by atoms with Crippen molar-refractivity contribution in [2.45, 2.75) is 37.8 Å². The van der Waals surface area contributed by atoms with E-state index in [1.165, 1.54) is 6.42 Å². The minimum absolute atomic E-state index is 0. The Bertz CT molecular complexity index is 530. The van der Waals surface area contributed by atoms with Crippen molar-refractivity contribution in [1.29, 1.82) is 0 Å². The molecule has 0 saturated heterocycles. The third-order valence-corrected chi connectivity index (χ3v) is 4.59. The third kappa shape index (κ3) is 4.88. The summed E-state index contributed by atoms with van der Waals surface area (Å²) >= 11 is 12.1. The zero-order valence-corrected chi connectivity index (χ0v) is 16.6. The molecule has 1 aromatic rings. The molecular weight excluding hydrogens is 436 g/mol. The standard InChI is InChI=1S/C15H21Cl2N3O.HI/c1-10(12-5-4-11(16)8-13(12)17)20-14(18)19-9-15(21-2)6-3-7-15;/h4-5,8,10H,3,6-7,9H2,1-2H3,(H3,18,19,20);1H. The fourth-order valence-electron chi connectivity index (χ4n) is 2.43. The van der Waals surface area contributed by atoms with Crippen LogP contribution in [0, 0.1) is 0 Å². The van der Waals surface area contributed by atoms with Crippen molar-refractivity contribution >= 4 is 53.1 Å². The molecule has 22 heavy (non-hydrogen) atoms. The summed E-state index contributed by atoms with van der Waals surface area (Å²) < 4.78 is 5.52. The van der Waals surface area contributed by atoms with Gasteiger partial charge in [0.25, 0.3) is 0 Å². The predicted octanol–water partition coefficient (Wildman–Crippen LogP) is 4.15. The Hall–Kier alpha value is -0.240. The zero-order valence-electron chi connectivity index (χ0n) is 12.7. The van der Waals surface area contributed by atoms with Gasteiger partial charge in [0, 0.05) is 17.2 Å². The molecule has 0 radical (unpaired) electrons. The minimum Gasteiger partial charge on any atom is -0.376 e.